The van der Waals surface area contributed by atoms with Gasteiger partial charge in [-0.15, -0.1) is 10.2 Å². The van der Waals surface area contributed by atoms with Crippen molar-refractivity contribution < 1.29 is 9.90 Å². The van der Waals surface area contributed by atoms with Crippen molar-refractivity contribution in [2.75, 3.05) is 5.32 Å². The normalized spacial score (nSPS) is 10.3. The predicted molar refractivity (Wildman–Crippen MR) is 69.4 cm³/mol. The first-order valence-electron chi connectivity index (χ1n) is 5.17. The molecule has 1 aromatic carbocycles. The monoisotopic (exact) mass is 310 g/mol. The molecule has 0 bridgehead atoms. The summed E-state index contributed by atoms with van der Waals surface area (Å²) in [6.45, 7) is 0.515. The Morgan fingerprint density at radius 1 is 1.56 bits per heavy atom. The van der Waals surface area contributed by atoms with E-state index in [1.807, 2.05) is 11.6 Å². The average molecular weight is 311 g/mol. The summed E-state index contributed by atoms with van der Waals surface area (Å²) in [5, 5.41) is 19.7. The van der Waals surface area contributed by atoms with Crippen molar-refractivity contribution in [1.29, 1.82) is 0 Å². The van der Waals surface area contributed by atoms with Gasteiger partial charge < -0.3 is 15.0 Å². The van der Waals surface area contributed by atoms with Crippen molar-refractivity contribution in [3.63, 3.8) is 0 Å². The van der Waals surface area contributed by atoms with E-state index in [0.29, 0.717) is 11.0 Å². The van der Waals surface area contributed by atoms with Gasteiger partial charge in [-0.05, 0) is 34.1 Å². The molecule has 7 heteroatoms. The molecule has 0 amide bonds. The van der Waals surface area contributed by atoms with E-state index in [4.69, 9.17) is 5.11 Å². The van der Waals surface area contributed by atoms with E-state index >= 15 is 0 Å². The van der Waals surface area contributed by atoms with Crippen LogP contribution in [0, 0.1) is 0 Å². The maximum atomic E-state index is 10.8. The fourth-order valence-corrected chi connectivity index (χ4v) is 1.95. The van der Waals surface area contributed by atoms with Gasteiger partial charge in [0.1, 0.15) is 6.33 Å². The topological polar surface area (TPSA) is 80.0 Å². The first kappa shape index (κ1) is 12.6. The van der Waals surface area contributed by atoms with Gasteiger partial charge in [0.25, 0.3) is 0 Å². The Labute approximate surface area is 112 Å². The number of hydrogen-bond donors (Lipinski definition) is 2. The van der Waals surface area contributed by atoms with Gasteiger partial charge in [-0.2, -0.15) is 0 Å². The Kier molecular flexibility index (Phi) is 3.61. The Balaban J connectivity index is 2.11. The Morgan fingerprint density at radius 3 is 2.89 bits per heavy atom. The SMILES string of the molecule is Cn1cnnc1CNc1ccc(C(=O)O)cc1Br. The molecule has 0 radical (unpaired) electrons. The third-order valence-electron chi connectivity index (χ3n) is 2.46. The number of rotatable bonds is 4. The fraction of sp³-hybridized carbons (Fsp3) is 0.182. The second-order valence-corrected chi connectivity index (χ2v) is 4.57. The highest BCUT2D eigenvalue weighted by atomic mass is 79.9. The number of carboxylic acids is 1. The lowest BCUT2D eigenvalue weighted by molar-refractivity contribution is 0.0697. The molecule has 2 rings (SSSR count). The molecule has 0 saturated heterocycles. The maximum absolute atomic E-state index is 10.8. The Hall–Kier alpha value is -1.89. The highest BCUT2D eigenvalue weighted by molar-refractivity contribution is 9.10. The van der Waals surface area contributed by atoms with Crippen LogP contribution in [0.5, 0.6) is 0 Å². The number of nitrogens with one attached hydrogen (secondary N) is 1. The molecular formula is C11H11BrN4O2. The summed E-state index contributed by atoms with van der Waals surface area (Å²) in [7, 11) is 1.86. The van der Waals surface area contributed by atoms with E-state index in [0.717, 1.165) is 11.5 Å². The number of nitrogens with zero attached hydrogens (tertiary/aromatic N) is 3. The molecule has 1 aromatic heterocycles. The molecule has 1 heterocycles. The van der Waals surface area contributed by atoms with Crippen molar-refractivity contribution in [1.82, 2.24) is 14.8 Å². The summed E-state index contributed by atoms with van der Waals surface area (Å²) in [5.74, 6) is -0.153. The molecule has 0 fully saturated rings. The van der Waals surface area contributed by atoms with Gasteiger partial charge in [-0.3, -0.25) is 0 Å². The Morgan fingerprint density at radius 2 is 2.33 bits per heavy atom. The molecule has 0 aliphatic carbocycles. The molecular weight excluding hydrogens is 300 g/mol. The van der Waals surface area contributed by atoms with Crippen molar-refractivity contribution in [3.8, 4) is 0 Å². The first-order chi connectivity index (χ1) is 8.58. The average Bonchev–Trinajstić information content (AvgIpc) is 2.73. The van der Waals surface area contributed by atoms with Crippen LogP contribution in [0.15, 0.2) is 29.0 Å². The second-order valence-electron chi connectivity index (χ2n) is 3.71. The number of aromatic nitrogens is 3. The van der Waals surface area contributed by atoms with E-state index in [9.17, 15) is 4.79 Å². The molecule has 0 saturated carbocycles. The molecule has 0 unspecified atom stereocenters. The maximum Gasteiger partial charge on any atom is 0.335 e. The van der Waals surface area contributed by atoms with Gasteiger partial charge in [-0.1, -0.05) is 0 Å². The van der Waals surface area contributed by atoms with Gasteiger partial charge in [-0.25, -0.2) is 4.79 Å². The van der Waals surface area contributed by atoms with Crippen LogP contribution in [0.25, 0.3) is 0 Å². The number of aromatic carboxylic acids is 1. The van der Waals surface area contributed by atoms with Crippen LogP contribution in [0.3, 0.4) is 0 Å². The summed E-state index contributed by atoms with van der Waals surface area (Å²) in [6.07, 6.45) is 1.62. The van der Waals surface area contributed by atoms with Crippen LogP contribution >= 0.6 is 15.9 Å². The van der Waals surface area contributed by atoms with Gasteiger partial charge in [0.2, 0.25) is 0 Å². The first-order valence-corrected chi connectivity index (χ1v) is 5.97. The summed E-state index contributed by atoms with van der Waals surface area (Å²) < 4.78 is 2.51. The third kappa shape index (κ3) is 2.67. The molecule has 94 valence electrons. The standard InChI is InChI=1S/C11H11BrN4O2/c1-16-6-14-15-10(16)5-13-9-3-2-7(11(17)18)4-8(9)12/h2-4,6,13H,5H2,1H3,(H,17,18). The van der Waals surface area contributed by atoms with E-state index in [2.05, 4.69) is 31.4 Å². The largest absolute Gasteiger partial charge is 0.478 e. The lowest BCUT2D eigenvalue weighted by atomic mass is 10.2. The van der Waals surface area contributed by atoms with Crippen molar-refractivity contribution in [3.05, 3.63) is 40.4 Å². The van der Waals surface area contributed by atoms with Crippen LogP contribution < -0.4 is 5.32 Å². The third-order valence-corrected chi connectivity index (χ3v) is 3.11. The zero-order chi connectivity index (χ0) is 13.1. The number of anilines is 1. The van der Waals surface area contributed by atoms with Crippen molar-refractivity contribution in [2.45, 2.75) is 6.54 Å². The van der Waals surface area contributed by atoms with Crippen LogP contribution in [0.1, 0.15) is 16.2 Å². The van der Waals surface area contributed by atoms with Crippen LogP contribution in [-0.2, 0) is 13.6 Å². The van der Waals surface area contributed by atoms with Crippen molar-refractivity contribution >= 4 is 27.6 Å². The van der Waals surface area contributed by atoms with Crippen LogP contribution in [-0.4, -0.2) is 25.8 Å². The number of aryl methyl sites for hydroxylation is 1. The van der Waals surface area contributed by atoms with E-state index in [1.165, 1.54) is 0 Å². The number of halogens is 1. The number of benzene rings is 1. The van der Waals surface area contributed by atoms with Crippen molar-refractivity contribution in [2.24, 2.45) is 7.05 Å². The van der Waals surface area contributed by atoms with Crippen LogP contribution in [0.4, 0.5) is 5.69 Å². The molecule has 2 aromatic rings. The summed E-state index contributed by atoms with van der Waals surface area (Å²) in [6, 6.07) is 4.82. The number of carbonyl (C=O) groups is 1. The quantitative estimate of drug-likeness (QED) is 0.901. The second kappa shape index (κ2) is 5.18. The highest BCUT2D eigenvalue weighted by Crippen LogP contribution is 2.24. The minimum absolute atomic E-state index is 0.242. The number of hydrogen-bond acceptors (Lipinski definition) is 4. The zero-order valence-electron chi connectivity index (χ0n) is 9.59. The highest BCUT2D eigenvalue weighted by Gasteiger charge is 2.07. The zero-order valence-corrected chi connectivity index (χ0v) is 11.2. The molecule has 2 N–H and O–H groups in total. The predicted octanol–water partition coefficient (Wildman–Crippen LogP) is 1.89. The molecule has 0 aliphatic rings. The smallest absolute Gasteiger partial charge is 0.335 e. The lowest BCUT2D eigenvalue weighted by Crippen LogP contribution is -2.06. The minimum Gasteiger partial charge on any atom is -0.478 e. The van der Waals surface area contributed by atoms with Gasteiger partial charge in [0.05, 0.1) is 12.1 Å². The molecule has 0 atom stereocenters. The number of carboxylic acid groups (broad SMARTS) is 1. The summed E-state index contributed by atoms with van der Waals surface area (Å²) in [5.41, 5.74) is 1.05. The van der Waals surface area contributed by atoms with E-state index in [-0.39, 0.29) is 5.56 Å². The van der Waals surface area contributed by atoms with Gasteiger partial charge in [0, 0.05) is 17.2 Å². The molecule has 0 aliphatic heterocycles. The van der Waals surface area contributed by atoms with Gasteiger partial charge in [0.15, 0.2) is 5.82 Å². The molecule has 0 spiro atoms. The minimum atomic E-state index is -0.949. The molecule has 6 nitrogen and oxygen atoms in total. The van der Waals surface area contributed by atoms with Gasteiger partial charge >= 0.3 is 5.97 Å². The fourth-order valence-electron chi connectivity index (χ4n) is 1.43. The summed E-state index contributed by atoms with van der Waals surface area (Å²) >= 11 is 3.33. The summed E-state index contributed by atoms with van der Waals surface area (Å²) in [4.78, 5) is 10.8. The van der Waals surface area contributed by atoms with Crippen LogP contribution in [0.2, 0.25) is 0 Å². The Bertz CT molecular complexity index is 582. The van der Waals surface area contributed by atoms with E-state index in [1.54, 1.807) is 24.5 Å². The molecule has 18 heavy (non-hydrogen) atoms. The lowest BCUT2D eigenvalue weighted by Gasteiger charge is -2.08. The van der Waals surface area contributed by atoms with E-state index < -0.39 is 5.97 Å².